The van der Waals surface area contributed by atoms with Gasteiger partial charge in [-0.25, -0.2) is 0 Å². The lowest BCUT2D eigenvalue weighted by atomic mass is 10.0. The van der Waals surface area contributed by atoms with Gasteiger partial charge in [-0.1, -0.05) is 53.5 Å². The zero-order chi connectivity index (χ0) is 31.6. The molecular formula is C32H24Cl2F3N3O4. The molecule has 0 saturated heterocycles. The normalized spacial score (nSPS) is 12.2. The Hall–Kier alpha value is -4.54. The van der Waals surface area contributed by atoms with Gasteiger partial charge >= 0.3 is 12.3 Å². The van der Waals surface area contributed by atoms with E-state index >= 15 is 0 Å². The maximum absolute atomic E-state index is 12.7. The molecule has 0 unspecified atom stereocenters. The summed E-state index contributed by atoms with van der Waals surface area (Å²) in [5.74, 6) is -1.70. The number of ether oxygens (including phenoxy) is 1. The Bertz CT molecular complexity index is 1840. The van der Waals surface area contributed by atoms with Crippen molar-refractivity contribution >= 4 is 45.9 Å². The number of carboxylic acids is 1. The van der Waals surface area contributed by atoms with Crippen molar-refractivity contribution in [2.75, 3.05) is 6.54 Å². The number of carboxylic acid groups (broad SMARTS) is 1. The number of hydrogen-bond donors (Lipinski definition) is 2. The second-order valence-corrected chi connectivity index (χ2v) is 10.9. The van der Waals surface area contributed by atoms with Crippen LogP contribution in [-0.2, 0) is 4.79 Å². The number of carbonyl (C=O) groups excluding carboxylic acids is 1. The first kappa shape index (κ1) is 30.9. The van der Waals surface area contributed by atoms with Crippen LogP contribution >= 0.6 is 23.2 Å². The summed E-state index contributed by atoms with van der Waals surface area (Å²) >= 11 is 12.5. The number of halogens is 5. The van der Waals surface area contributed by atoms with E-state index in [1.54, 1.807) is 60.7 Å². The van der Waals surface area contributed by atoms with Crippen LogP contribution in [0.4, 0.5) is 13.2 Å². The summed E-state index contributed by atoms with van der Waals surface area (Å²) in [6.45, 7) is 1.96. The molecule has 0 spiro atoms. The van der Waals surface area contributed by atoms with Crippen LogP contribution in [0.25, 0.3) is 33.3 Å². The van der Waals surface area contributed by atoms with E-state index in [-0.39, 0.29) is 30.7 Å². The first-order chi connectivity index (χ1) is 20.9. The zero-order valence-electron chi connectivity index (χ0n) is 23.0. The van der Waals surface area contributed by atoms with E-state index in [9.17, 15) is 22.8 Å². The number of aliphatic carboxylic acids is 1. The number of benzene rings is 4. The highest BCUT2D eigenvalue weighted by atomic mass is 35.5. The predicted octanol–water partition coefficient (Wildman–Crippen LogP) is 8.39. The Kier molecular flexibility index (Phi) is 8.85. The van der Waals surface area contributed by atoms with E-state index in [4.69, 9.17) is 33.4 Å². The van der Waals surface area contributed by atoms with Gasteiger partial charge in [0.1, 0.15) is 5.75 Å². The van der Waals surface area contributed by atoms with Gasteiger partial charge in [0.25, 0.3) is 5.91 Å². The van der Waals surface area contributed by atoms with Crippen molar-refractivity contribution in [1.82, 2.24) is 15.1 Å². The molecule has 7 nitrogen and oxygen atoms in total. The van der Waals surface area contributed by atoms with Crippen molar-refractivity contribution in [2.24, 2.45) is 0 Å². The fourth-order valence-corrected chi connectivity index (χ4v) is 5.29. The predicted molar refractivity (Wildman–Crippen MR) is 162 cm³/mol. The lowest BCUT2D eigenvalue weighted by Crippen LogP contribution is -2.26. The molecule has 0 saturated carbocycles. The molecule has 5 aromatic rings. The van der Waals surface area contributed by atoms with Crippen molar-refractivity contribution in [2.45, 2.75) is 25.7 Å². The number of nitrogens with zero attached hydrogens (tertiary/aromatic N) is 2. The summed E-state index contributed by atoms with van der Waals surface area (Å²) in [4.78, 5) is 23.2. The maximum atomic E-state index is 12.7. The smallest absolute Gasteiger partial charge is 0.481 e. The molecule has 1 heterocycles. The van der Waals surface area contributed by atoms with E-state index in [1.165, 1.54) is 12.1 Å². The highest BCUT2D eigenvalue weighted by Gasteiger charge is 2.31. The molecule has 1 amide bonds. The minimum Gasteiger partial charge on any atom is -0.481 e. The summed E-state index contributed by atoms with van der Waals surface area (Å²) in [6.07, 6.45) is -4.97. The number of fused-ring (bicyclic) bond motifs is 1. The lowest BCUT2D eigenvalue weighted by molar-refractivity contribution is -0.274. The highest BCUT2D eigenvalue weighted by molar-refractivity contribution is 6.35. The maximum Gasteiger partial charge on any atom is 0.573 e. The third-order valence-electron chi connectivity index (χ3n) is 6.88. The van der Waals surface area contributed by atoms with Gasteiger partial charge in [-0.15, -0.1) is 13.2 Å². The monoisotopic (exact) mass is 641 g/mol. The molecule has 4 aromatic carbocycles. The Morgan fingerprint density at radius 3 is 2.23 bits per heavy atom. The van der Waals surface area contributed by atoms with Crippen molar-refractivity contribution in [3.63, 3.8) is 0 Å². The van der Waals surface area contributed by atoms with Crippen LogP contribution in [0.2, 0.25) is 10.0 Å². The molecule has 0 aliphatic rings. The van der Waals surface area contributed by atoms with Crippen molar-refractivity contribution in [3.8, 4) is 28.3 Å². The van der Waals surface area contributed by atoms with Gasteiger partial charge in [0, 0.05) is 33.3 Å². The lowest BCUT2D eigenvalue weighted by Gasteiger charge is -2.17. The number of aromatic nitrogens is 2. The van der Waals surface area contributed by atoms with Gasteiger partial charge in [-0.05, 0) is 77.9 Å². The van der Waals surface area contributed by atoms with Crippen LogP contribution in [0, 0.1) is 0 Å². The molecular weight excluding hydrogens is 618 g/mol. The number of hydrogen-bond acceptors (Lipinski definition) is 4. The Morgan fingerprint density at radius 2 is 1.57 bits per heavy atom. The van der Waals surface area contributed by atoms with E-state index < -0.39 is 12.3 Å². The minimum atomic E-state index is -4.79. The van der Waals surface area contributed by atoms with Gasteiger partial charge < -0.3 is 15.2 Å². The van der Waals surface area contributed by atoms with Crippen molar-refractivity contribution < 1.29 is 32.6 Å². The van der Waals surface area contributed by atoms with Crippen LogP contribution in [-0.4, -0.2) is 39.7 Å². The number of nitrogens with one attached hydrogen (secondary N) is 1. The molecule has 0 aliphatic carbocycles. The Balaban J connectivity index is 1.52. The second-order valence-electron chi connectivity index (χ2n) is 9.99. The average molecular weight is 642 g/mol. The van der Waals surface area contributed by atoms with E-state index in [0.717, 1.165) is 16.8 Å². The second kappa shape index (κ2) is 12.6. The number of rotatable bonds is 9. The first-order valence-electron chi connectivity index (χ1n) is 13.3. The summed E-state index contributed by atoms with van der Waals surface area (Å²) in [5.41, 5.74) is 3.98. The molecule has 1 atom stereocenters. The molecule has 226 valence electrons. The van der Waals surface area contributed by atoms with Gasteiger partial charge in [0.2, 0.25) is 0 Å². The summed E-state index contributed by atoms with van der Waals surface area (Å²) < 4.78 is 44.1. The molecule has 0 bridgehead atoms. The third-order valence-corrected chi connectivity index (χ3v) is 7.32. The topological polar surface area (TPSA) is 93.5 Å². The molecule has 5 rings (SSSR count). The third kappa shape index (κ3) is 7.32. The number of alkyl halides is 3. The van der Waals surface area contributed by atoms with Crippen molar-refractivity contribution in [3.05, 3.63) is 106 Å². The van der Waals surface area contributed by atoms with Gasteiger partial charge in [0.05, 0.1) is 23.9 Å². The molecule has 1 aromatic heterocycles. The molecule has 44 heavy (non-hydrogen) atoms. The summed E-state index contributed by atoms with van der Waals surface area (Å²) in [7, 11) is 0. The summed E-state index contributed by atoms with van der Waals surface area (Å²) in [6, 6.07) is 23.1. The Morgan fingerprint density at radius 1 is 0.909 bits per heavy atom. The largest absolute Gasteiger partial charge is 0.573 e. The van der Waals surface area contributed by atoms with E-state index in [1.807, 2.05) is 23.7 Å². The Labute approximate surface area is 259 Å². The van der Waals surface area contributed by atoms with Gasteiger partial charge in [-0.2, -0.15) is 5.10 Å². The first-order valence-corrected chi connectivity index (χ1v) is 14.1. The average Bonchev–Trinajstić information content (AvgIpc) is 3.41. The molecule has 0 aliphatic heterocycles. The van der Waals surface area contributed by atoms with Gasteiger partial charge in [-0.3, -0.25) is 14.3 Å². The van der Waals surface area contributed by atoms with Gasteiger partial charge in [0.15, 0.2) is 0 Å². The SMILES string of the molecule is C[C@@H](c1ccc(C(=O)NCCC(=O)O)cc1)n1nc(-c2cc(Cl)cc(Cl)c2)cc1-c1ccc2cc(OC(F)(F)F)ccc2c1. The van der Waals surface area contributed by atoms with Crippen LogP contribution in [0.3, 0.4) is 0 Å². The van der Waals surface area contributed by atoms with Crippen LogP contribution < -0.4 is 10.1 Å². The molecule has 2 N–H and O–H groups in total. The molecule has 0 fully saturated rings. The molecule has 12 heteroatoms. The zero-order valence-corrected chi connectivity index (χ0v) is 24.5. The van der Waals surface area contributed by atoms with Crippen LogP contribution in [0.15, 0.2) is 84.9 Å². The standard InChI is InChI=1S/C32H24Cl2F3N3O4/c1-18(19-2-4-20(5-3-19)31(43)38-11-10-30(41)42)40-29(17-28(39-40)24-13-25(33)16-26(34)14-24)23-7-6-22-15-27(44-32(35,36)37)9-8-21(22)12-23/h2-9,12-18H,10-11H2,1H3,(H,38,43)(H,41,42)/t18-/m0/s1. The fourth-order valence-electron chi connectivity index (χ4n) is 4.77. The minimum absolute atomic E-state index is 0.0156. The highest BCUT2D eigenvalue weighted by Crippen LogP contribution is 2.35. The van der Waals surface area contributed by atoms with Crippen LogP contribution in [0.1, 0.15) is 35.3 Å². The van der Waals surface area contributed by atoms with E-state index in [0.29, 0.717) is 37.6 Å². The number of carbonyl (C=O) groups is 2. The fraction of sp³-hybridized carbons (Fsp3) is 0.156. The van der Waals surface area contributed by atoms with E-state index in [2.05, 4.69) is 10.1 Å². The number of amides is 1. The quantitative estimate of drug-likeness (QED) is 0.169. The van der Waals surface area contributed by atoms with Crippen molar-refractivity contribution in [1.29, 1.82) is 0 Å². The van der Waals surface area contributed by atoms with Crippen LogP contribution in [0.5, 0.6) is 5.75 Å². The molecule has 0 radical (unpaired) electrons. The summed E-state index contributed by atoms with van der Waals surface area (Å²) in [5, 5.41) is 18.4.